The van der Waals surface area contributed by atoms with Gasteiger partial charge in [-0.3, -0.25) is 4.79 Å². The van der Waals surface area contributed by atoms with Crippen LogP contribution in [0.25, 0.3) is 0 Å². The van der Waals surface area contributed by atoms with E-state index in [2.05, 4.69) is 4.74 Å². The summed E-state index contributed by atoms with van der Waals surface area (Å²) in [5.74, 6) is -0.556. The third-order valence-corrected chi connectivity index (χ3v) is 2.08. The minimum absolute atomic E-state index is 0.0750. The fraction of sp³-hybridized carbons (Fsp3) is 0.857. The second-order valence-corrected chi connectivity index (χ2v) is 2.79. The van der Waals surface area contributed by atoms with Crippen LogP contribution in [-0.2, 0) is 9.53 Å². The topological polar surface area (TPSA) is 72.6 Å². The first-order valence-electron chi connectivity index (χ1n) is 3.78. The monoisotopic (exact) mass is 159 g/mol. The second-order valence-electron chi connectivity index (χ2n) is 2.79. The van der Waals surface area contributed by atoms with Gasteiger partial charge in [-0.15, -0.1) is 0 Å². The maximum atomic E-state index is 11.0. The van der Waals surface area contributed by atoms with Gasteiger partial charge in [-0.05, 0) is 12.8 Å². The molecule has 1 aliphatic carbocycles. The smallest absolute Gasteiger partial charge is 0.312 e. The predicted molar refractivity (Wildman–Crippen MR) is 38.5 cm³/mol. The number of aliphatic hydroxyl groups excluding tert-OH is 1. The van der Waals surface area contributed by atoms with Gasteiger partial charge in [0.25, 0.3) is 0 Å². The summed E-state index contributed by atoms with van der Waals surface area (Å²) >= 11 is 0. The molecule has 1 aliphatic rings. The number of nitrogens with two attached hydrogens (primary N) is 1. The number of esters is 1. The van der Waals surface area contributed by atoms with Crippen LogP contribution < -0.4 is 5.73 Å². The van der Waals surface area contributed by atoms with E-state index in [1.165, 1.54) is 0 Å². The molecule has 1 saturated carbocycles. The Bertz CT molecular complexity index is 149. The molecule has 0 aromatic rings. The number of carbonyl (C=O) groups is 1. The van der Waals surface area contributed by atoms with Crippen molar-refractivity contribution in [1.82, 2.24) is 0 Å². The van der Waals surface area contributed by atoms with Crippen LogP contribution in [0, 0.1) is 5.92 Å². The largest absolute Gasteiger partial charge is 0.438 e. The van der Waals surface area contributed by atoms with Crippen molar-refractivity contribution in [3.63, 3.8) is 0 Å². The first-order chi connectivity index (χ1) is 5.25. The van der Waals surface area contributed by atoms with Crippen molar-refractivity contribution in [2.24, 2.45) is 11.7 Å². The molecule has 0 aromatic carbocycles. The van der Waals surface area contributed by atoms with Gasteiger partial charge in [0.1, 0.15) is 0 Å². The molecule has 0 amide bonds. The quantitative estimate of drug-likeness (QED) is 0.425. The van der Waals surface area contributed by atoms with Crippen molar-refractivity contribution in [3.05, 3.63) is 0 Å². The van der Waals surface area contributed by atoms with Gasteiger partial charge in [-0.2, -0.15) is 0 Å². The normalized spacial score (nSPS) is 30.4. The Labute approximate surface area is 65.3 Å². The Morgan fingerprint density at radius 1 is 1.64 bits per heavy atom. The highest BCUT2D eigenvalue weighted by atomic mass is 16.6. The number of hydrogen-bond acceptors (Lipinski definition) is 4. The minimum Gasteiger partial charge on any atom is -0.438 e. The molecule has 1 rings (SSSR count). The van der Waals surface area contributed by atoms with Crippen LogP contribution in [0.1, 0.15) is 19.3 Å². The van der Waals surface area contributed by atoms with Crippen molar-refractivity contribution < 1.29 is 14.6 Å². The van der Waals surface area contributed by atoms with Crippen molar-refractivity contribution in [2.75, 3.05) is 6.79 Å². The molecule has 0 saturated heterocycles. The van der Waals surface area contributed by atoms with E-state index < -0.39 is 6.79 Å². The van der Waals surface area contributed by atoms with E-state index in [1.54, 1.807) is 0 Å². The van der Waals surface area contributed by atoms with Gasteiger partial charge in [-0.25, -0.2) is 0 Å². The molecule has 4 heteroatoms. The lowest BCUT2D eigenvalue weighted by atomic mass is 10.1. The average molecular weight is 159 g/mol. The Hall–Kier alpha value is -0.610. The van der Waals surface area contributed by atoms with Gasteiger partial charge in [0.05, 0.1) is 5.92 Å². The number of carbonyl (C=O) groups excluding carboxylic acids is 1. The summed E-state index contributed by atoms with van der Waals surface area (Å²) in [4.78, 5) is 11.0. The fourth-order valence-corrected chi connectivity index (χ4v) is 1.45. The van der Waals surface area contributed by atoms with E-state index in [9.17, 15) is 4.79 Å². The zero-order valence-electron chi connectivity index (χ0n) is 6.32. The molecule has 11 heavy (non-hydrogen) atoms. The van der Waals surface area contributed by atoms with E-state index in [0.717, 1.165) is 19.3 Å². The van der Waals surface area contributed by atoms with Crippen LogP contribution >= 0.6 is 0 Å². The molecule has 0 bridgehead atoms. The lowest BCUT2D eigenvalue weighted by molar-refractivity contribution is -0.156. The first kappa shape index (κ1) is 8.49. The molecule has 3 N–H and O–H groups in total. The van der Waals surface area contributed by atoms with E-state index in [-0.39, 0.29) is 17.9 Å². The lowest BCUT2D eigenvalue weighted by Crippen LogP contribution is -2.31. The zero-order chi connectivity index (χ0) is 8.27. The Kier molecular flexibility index (Phi) is 2.84. The summed E-state index contributed by atoms with van der Waals surface area (Å²) in [5.41, 5.74) is 5.63. The number of aliphatic hydroxyl groups is 1. The highest BCUT2D eigenvalue weighted by Crippen LogP contribution is 2.24. The highest BCUT2D eigenvalue weighted by Gasteiger charge is 2.31. The van der Waals surface area contributed by atoms with Crippen LogP contribution in [0.5, 0.6) is 0 Å². The molecule has 0 aromatic heterocycles. The molecular formula is C7H13NO3. The van der Waals surface area contributed by atoms with Gasteiger partial charge >= 0.3 is 5.97 Å². The Morgan fingerprint density at radius 2 is 2.36 bits per heavy atom. The second kappa shape index (κ2) is 3.69. The van der Waals surface area contributed by atoms with E-state index in [4.69, 9.17) is 10.8 Å². The van der Waals surface area contributed by atoms with Gasteiger partial charge in [-0.1, -0.05) is 6.42 Å². The molecule has 1 fully saturated rings. The van der Waals surface area contributed by atoms with E-state index in [0.29, 0.717) is 0 Å². The molecule has 0 aliphatic heterocycles. The molecule has 2 atom stereocenters. The zero-order valence-corrected chi connectivity index (χ0v) is 6.32. The summed E-state index contributed by atoms with van der Waals surface area (Å²) < 4.78 is 4.43. The lowest BCUT2D eigenvalue weighted by Gasteiger charge is -2.12. The van der Waals surface area contributed by atoms with Gasteiger partial charge < -0.3 is 15.6 Å². The SMILES string of the molecule is N[C@@H]1CCC[C@@H]1C(=O)OCO. The van der Waals surface area contributed by atoms with Crippen LogP contribution in [0.3, 0.4) is 0 Å². The van der Waals surface area contributed by atoms with Crippen LogP contribution in [-0.4, -0.2) is 23.9 Å². The summed E-state index contributed by atoms with van der Waals surface area (Å²) in [6, 6.07) is -0.0750. The van der Waals surface area contributed by atoms with Gasteiger partial charge in [0.2, 0.25) is 0 Å². The maximum absolute atomic E-state index is 11.0. The van der Waals surface area contributed by atoms with Crippen LogP contribution in [0.2, 0.25) is 0 Å². The first-order valence-corrected chi connectivity index (χ1v) is 3.78. The number of rotatable bonds is 2. The van der Waals surface area contributed by atoms with Gasteiger partial charge in [0, 0.05) is 6.04 Å². The molecule has 0 spiro atoms. The van der Waals surface area contributed by atoms with Crippen molar-refractivity contribution in [2.45, 2.75) is 25.3 Å². The van der Waals surface area contributed by atoms with E-state index >= 15 is 0 Å². The van der Waals surface area contributed by atoms with Crippen molar-refractivity contribution >= 4 is 5.97 Å². The summed E-state index contributed by atoms with van der Waals surface area (Å²) in [7, 11) is 0. The fourth-order valence-electron chi connectivity index (χ4n) is 1.45. The summed E-state index contributed by atoms with van der Waals surface area (Å²) in [6.45, 7) is -0.540. The average Bonchev–Trinajstić information content (AvgIpc) is 2.36. The van der Waals surface area contributed by atoms with Crippen LogP contribution in [0.4, 0.5) is 0 Å². The number of ether oxygens (including phenoxy) is 1. The Balaban J connectivity index is 2.39. The Morgan fingerprint density at radius 3 is 2.82 bits per heavy atom. The summed E-state index contributed by atoms with van der Waals surface area (Å²) in [6.07, 6.45) is 2.65. The third-order valence-electron chi connectivity index (χ3n) is 2.08. The minimum atomic E-state index is -0.540. The van der Waals surface area contributed by atoms with Crippen molar-refractivity contribution in [3.8, 4) is 0 Å². The predicted octanol–water partition coefficient (Wildman–Crippen LogP) is -0.393. The molecule has 4 nitrogen and oxygen atoms in total. The van der Waals surface area contributed by atoms with Gasteiger partial charge in [0.15, 0.2) is 6.79 Å². The van der Waals surface area contributed by atoms with Crippen LogP contribution in [0.15, 0.2) is 0 Å². The summed E-state index contributed by atoms with van der Waals surface area (Å²) in [5, 5.41) is 8.30. The standard InChI is InChI=1S/C7H13NO3/c8-6-3-1-2-5(6)7(10)11-4-9/h5-6,9H,1-4,8H2/t5-,6+/m0/s1. The molecule has 0 unspecified atom stereocenters. The molecule has 0 heterocycles. The molecule has 0 radical (unpaired) electrons. The molecular weight excluding hydrogens is 146 g/mol. The maximum Gasteiger partial charge on any atom is 0.312 e. The van der Waals surface area contributed by atoms with Crippen molar-refractivity contribution in [1.29, 1.82) is 0 Å². The number of hydrogen-bond donors (Lipinski definition) is 2. The third kappa shape index (κ3) is 1.91. The van der Waals surface area contributed by atoms with E-state index in [1.807, 2.05) is 0 Å². The highest BCUT2D eigenvalue weighted by molar-refractivity contribution is 5.73. The molecule has 64 valence electrons.